The Morgan fingerprint density at radius 3 is 2.42 bits per heavy atom. The highest BCUT2D eigenvalue weighted by atomic mass is 32.2. The van der Waals surface area contributed by atoms with E-state index in [9.17, 15) is 23.2 Å². The van der Waals surface area contributed by atoms with E-state index < -0.39 is 35.0 Å². The summed E-state index contributed by atoms with van der Waals surface area (Å²) in [4.78, 5) is 39.1. The summed E-state index contributed by atoms with van der Waals surface area (Å²) in [6.45, 7) is 1.90. The van der Waals surface area contributed by atoms with Crippen LogP contribution in [0, 0.1) is 11.6 Å². The lowest BCUT2D eigenvalue weighted by molar-refractivity contribution is 0.0474. The number of anilines is 2. The fourth-order valence-corrected chi connectivity index (χ4v) is 4.17. The number of carbonyl (C=O) groups excluding carboxylic acids is 2. The molecule has 1 aromatic heterocycles. The number of para-hydroxylation sites is 1. The maximum atomic E-state index is 14.2. The zero-order valence-electron chi connectivity index (χ0n) is 20.1. The number of nitrogens with two attached hydrogens (primary N) is 1. The van der Waals surface area contributed by atoms with Gasteiger partial charge in [-0.05, 0) is 64.7 Å². The zero-order valence-corrected chi connectivity index (χ0v) is 20.9. The molecule has 0 bridgehead atoms. The highest BCUT2D eigenvalue weighted by molar-refractivity contribution is 8.01. The van der Waals surface area contributed by atoms with E-state index in [1.807, 2.05) is 25.1 Å². The van der Waals surface area contributed by atoms with Crippen LogP contribution in [0.2, 0.25) is 0 Å². The molecule has 0 aliphatic rings. The van der Waals surface area contributed by atoms with Gasteiger partial charge in [0.15, 0.2) is 11.6 Å². The molecule has 1 heterocycles. The lowest BCUT2D eigenvalue weighted by atomic mass is 10.1. The fourth-order valence-electron chi connectivity index (χ4n) is 3.36. The van der Waals surface area contributed by atoms with Crippen molar-refractivity contribution in [2.24, 2.45) is 0 Å². The van der Waals surface area contributed by atoms with Crippen molar-refractivity contribution >= 4 is 35.3 Å². The fraction of sp³-hybridized carbons (Fsp3) is 0.160. The predicted octanol–water partition coefficient (Wildman–Crippen LogP) is 4.18. The smallest absolute Gasteiger partial charge is 0.377 e. The minimum atomic E-state index is -1.18. The number of aromatic nitrogens is 4. The standard InChI is InChI=1S/C25H22F2N6O4S/c1-2-13-38-33(25(36)32-24(35)31(29-30-32)22-19(26)9-6-10-20(22)27)17-11-12-21(28)18(14-17)23(34)37-15-16-7-4-3-5-8-16/h3-12,14H,2,13,15,28H2,1H3. The van der Waals surface area contributed by atoms with Crippen molar-refractivity contribution in [2.45, 2.75) is 20.0 Å². The van der Waals surface area contributed by atoms with Crippen LogP contribution in [0.4, 0.5) is 25.0 Å². The van der Waals surface area contributed by atoms with Gasteiger partial charge < -0.3 is 10.5 Å². The molecule has 0 atom stereocenters. The van der Waals surface area contributed by atoms with Gasteiger partial charge in [-0.3, -0.25) is 0 Å². The van der Waals surface area contributed by atoms with Crippen LogP contribution >= 0.6 is 11.9 Å². The summed E-state index contributed by atoms with van der Waals surface area (Å²) in [5, 5.41) is 7.01. The van der Waals surface area contributed by atoms with Crippen LogP contribution in [-0.2, 0) is 11.3 Å². The van der Waals surface area contributed by atoms with Crippen molar-refractivity contribution in [3.05, 3.63) is 100.0 Å². The van der Waals surface area contributed by atoms with Gasteiger partial charge in [0.1, 0.15) is 12.3 Å². The lowest BCUT2D eigenvalue weighted by Crippen LogP contribution is -2.38. The van der Waals surface area contributed by atoms with Gasteiger partial charge in [-0.2, -0.15) is 4.68 Å². The van der Waals surface area contributed by atoms with Crippen LogP contribution in [0.5, 0.6) is 0 Å². The Morgan fingerprint density at radius 1 is 1.03 bits per heavy atom. The molecule has 3 aromatic carbocycles. The van der Waals surface area contributed by atoms with Crippen molar-refractivity contribution < 1.29 is 23.1 Å². The molecule has 196 valence electrons. The lowest BCUT2D eigenvalue weighted by Gasteiger charge is -2.21. The third-order valence-corrected chi connectivity index (χ3v) is 6.43. The van der Waals surface area contributed by atoms with Crippen molar-refractivity contribution in [3.8, 4) is 5.69 Å². The number of carbonyl (C=O) groups is 2. The number of hydrogen-bond acceptors (Lipinski definition) is 8. The number of halogens is 2. The quantitative estimate of drug-likeness (QED) is 0.153. The molecule has 1 amide bonds. The molecule has 10 nitrogen and oxygen atoms in total. The van der Waals surface area contributed by atoms with E-state index in [-0.39, 0.29) is 23.5 Å². The molecule has 0 aliphatic heterocycles. The monoisotopic (exact) mass is 540 g/mol. The van der Waals surface area contributed by atoms with E-state index in [1.54, 1.807) is 12.1 Å². The Balaban J connectivity index is 1.65. The summed E-state index contributed by atoms with van der Waals surface area (Å²) >= 11 is 1.04. The summed E-state index contributed by atoms with van der Waals surface area (Å²) in [6.07, 6.45) is 0.664. The van der Waals surface area contributed by atoms with Gasteiger partial charge in [-0.1, -0.05) is 43.3 Å². The summed E-state index contributed by atoms with van der Waals surface area (Å²) < 4.78 is 35.7. The molecule has 0 fully saturated rings. The van der Waals surface area contributed by atoms with Crippen molar-refractivity contribution in [3.63, 3.8) is 0 Å². The Hall–Kier alpha value is -4.52. The van der Waals surface area contributed by atoms with Gasteiger partial charge >= 0.3 is 17.7 Å². The molecule has 13 heteroatoms. The molecule has 4 aromatic rings. The van der Waals surface area contributed by atoms with Crippen LogP contribution in [0.15, 0.2) is 71.5 Å². The number of ether oxygens (including phenoxy) is 1. The molecule has 0 radical (unpaired) electrons. The second kappa shape index (κ2) is 11.7. The highest BCUT2D eigenvalue weighted by Gasteiger charge is 2.27. The first-order chi connectivity index (χ1) is 18.3. The molecule has 0 aliphatic carbocycles. The van der Waals surface area contributed by atoms with Crippen LogP contribution in [0.25, 0.3) is 5.69 Å². The Kier molecular flexibility index (Phi) is 8.16. The number of amides is 1. The number of esters is 1. The van der Waals surface area contributed by atoms with Crippen LogP contribution < -0.4 is 15.7 Å². The first-order valence-corrected chi connectivity index (χ1v) is 12.3. The Labute approximate surface area is 219 Å². The molecule has 38 heavy (non-hydrogen) atoms. The minimum Gasteiger partial charge on any atom is -0.457 e. The number of nitrogen functional groups attached to an aromatic ring is 1. The van der Waals surface area contributed by atoms with E-state index in [4.69, 9.17) is 10.5 Å². The molecule has 0 spiro atoms. The van der Waals surface area contributed by atoms with E-state index in [1.165, 1.54) is 18.2 Å². The van der Waals surface area contributed by atoms with E-state index in [0.717, 1.165) is 40.0 Å². The van der Waals surface area contributed by atoms with Crippen LogP contribution in [-0.4, -0.2) is 37.5 Å². The van der Waals surface area contributed by atoms with E-state index in [2.05, 4.69) is 10.4 Å². The van der Waals surface area contributed by atoms with Gasteiger partial charge in [-0.15, -0.1) is 4.68 Å². The largest absolute Gasteiger partial charge is 0.457 e. The number of nitrogens with zero attached hydrogens (tertiary/aromatic N) is 5. The normalized spacial score (nSPS) is 10.8. The number of rotatable bonds is 8. The molecular weight excluding hydrogens is 518 g/mol. The van der Waals surface area contributed by atoms with Crippen LogP contribution in [0.1, 0.15) is 29.3 Å². The molecule has 4 rings (SSSR count). The Morgan fingerprint density at radius 2 is 1.74 bits per heavy atom. The average molecular weight is 541 g/mol. The third-order valence-electron chi connectivity index (χ3n) is 5.21. The first-order valence-electron chi connectivity index (χ1n) is 11.4. The SMILES string of the molecule is CCCSN(C(=O)n1nnn(-c2c(F)cccc2F)c1=O)c1ccc(N)c(C(=O)OCc2ccccc2)c1. The zero-order chi connectivity index (χ0) is 27.2. The van der Waals surface area contributed by atoms with Gasteiger partial charge in [0, 0.05) is 11.4 Å². The van der Waals surface area contributed by atoms with Gasteiger partial charge in [0.2, 0.25) is 0 Å². The average Bonchev–Trinajstić information content (AvgIpc) is 3.29. The highest BCUT2D eigenvalue weighted by Crippen LogP contribution is 2.28. The molecule has 0 saturated heterocycles. The van der Waals surface area contributed by atoms with Crippen LogP contribution in [0.3, 0.4) is 0 Å². The molecule has 2 N–H and O–H groups in total. The molecule has 0 unspecified atom stereocenters. The second-order valence-electron chi connectivity index (χ2n) is 7.90. The maximum absolute atomic E-state index is 14.2. The summed E-state index contributed by atoms with van der Waals surface area (Å²) in [7, 11) is 0. The van der Waals surface area contributed by atoms with E-state index in [0.29, 0.717) is 21.5 Å². The topological polar surface area (TPSA) is 125 Å². The van der Waals surface area contributed by atoms with Gasteiger partial charge in [-0.25, -0.2) is 27.5 Å². The minimum absolute atomic E-state index is 0.0118. The first kappa shape index (κ1) is 26.5. The predicted molar refractivity (Wildman–Crippen MR) is 138 cm³/mol. The number of benzene rings is 3. The molecular formula is C25H22F2N6O4S. The Bertz CT molecular complexity index is 1510. The summed E-state index contributed by atoms with van der Waals surface area (Å²) in [6, 6.07) is 15.4. The second-order valence-corrected chi connectivity index (χ2v) is 8.93. The van der Waals surface area contributed by atoms with Gasteiger partial charge in [0.05, 0.1) is 11.3 Å². The number of tetrazole rings is 1. The van der Waals surface area contributed by atoms with E-state index >= 15 is 0 Å². The molecule has 0 saturated carbocycles. The number of hydrogen-bond donors (Lipinski definition) is 1. The maximum Gasteiger partial charge on any atom is 0.377 e. The van der Waals surface area contributed by atoms with Crippen molar-refractivity contribution in [2.75, 3.05) is 15.8 Å². The summed E-state index contributed by atoms with van der Waals surface area (Å²) in [5.41, 5.74) is 5.17. The van der Waals surface area contributed by atoms with Crippen molar-refractivity contribution in [1.29, 1.82) is 0 Å². The van der Waals surface area contributed by atoms with Gasteiger partial charge in [0.25, 0.3) is 0 Å². The third kappa shape index (κ3) is 5.57. The van der Waals surface area contributed by atoms with Crippen molar-refractivity contribution in [1.82, 2.24) is 19.8 Å². The summed E-state index contributed by atoms with van der Waals surface area (Å²) in [5.74, 6) is -2.37.